The number of nitrogens with zero attached hydrogens (tertiary/aromatic N) is 5. The van der Waals surface area contributed by atoms with E-state index in [2.05, 4.69) is 50.5 Å². The summed E-state index contributed by atoms with van der Waals surface area (Å²) in [6.07, 6.45) is 0. The van der Waals surface area contributed by atoms with Crippen molar-refractivity contribution < 1.29 is 4.74 Å². The first-order valence-electron chi connectivity index (χ1n) is 9.28. The van der Waals surface area contributed by atoms with Gasteiger partial charge in [-0.25, -0.2) is 0 Å². The molecular weight excluding hydrogens is 382 g/mol. The summed E-state index contributed by atoms with van der Waals surface area (Å²) in [5.41, 5.74) is 2.12. The molecule has 0 N–H and O–H groups in total. The van der Waals surface area contributed by atoms with Crippen LogP contribution >= 0.6 is 11.3 Å². The number of ether oxygens (including phenoxy) is 1. The SMILES string of the molecule is CN(C)c1ccc(-c2nnc3sc(COc4ccc5ccccc5c4)nn23)cc1. The van der Waals surface area contributed by atoms with Gasteiger partial charge in [-0.05, 0) is 47.2 Å². The van der Waals surface area contributed by atoms with Crippen molar-refractivity contribution in [3.05, 3.63) is 71.7 Å². The van der Waals surface area contributed by atoms with Crippen LogP contribution in [0.2, 0.25) is 0 Å². The summed E-state index contributed by atoms with van der Waals surface area (Å²) in [6, 6.07) is 22.5. The van der Waals surface area contributed by atoms with Gasteiger partial charge in [0, 0.05) is 25.3 Å². The van der Waals surface area contributed by atoms with Crippen molar-refractivity contribution in [2.45, 2.75) is 6.61 Å². The third kappa shape index (κ3) is 3.40. The van der Waals surface area contributed by atoms with Crippen molar-refractivity contribution in [2.24, 2.45) is 0 Å². The molecule has 0 amide bonds. The zero-order valence-corrected chi connectivity index (χ0v) is 16.9. The Morgan fingerprint density at radius 2 is 1.72 bits per heavy atom. The molecule has 2 aromatic heterocycles. The second-order valence-corrected chi connectivity index (χ2v) is 7.99. The van der Waals surface area contributed by atoms with Crippen LogP contribution in [0.1, 0.15) is 5.01 Å². The minimum absolute atomic E-state index is 0.394. The van der Waals surface area contributed by atoms with Gasteiger partial charge in [0.05, 0.1) is 0 Å². The van der Waals surface area contributed by atoms with Crippen LogP contribution < -0.4 is 9.64 Å². The van der Waals surface area contributed by atoms with Crippen LogP contribution in [0.3, 0.4) is 0 Å². The van der Waals surface area contributed by atoms with Crippen LogP contribution in [0.25, 0.3) is 27.1 Å². The van der Waals surface area contributed by atoms with Crippen molar-refractivity contribution in [1.29, 1.82) is 0 Å². The third-order valence-electron chi connectivity index (χ3n) is 4.76. The van der Waals surface area contributed by atoms with E-state index in [1.165, 1.54) is 16.7 Å². The highest BCUT2D eigenvalue weighted by Crippen LogP contribution is 2.25. The Kier molecular flexibility index (Phi) is 4.37. The monoisotopic (exact) mass is 401 g/mol. The first kappa shape index (κ1) is 17.6. The first-order valence-corrected chi connectivity index (χ1v) is 10.1. The number of fused-ring (bicyclic) bond motifs is 2. The molecule has 0 spiro atoms. The summed E-state index contributed by atoms with van der Waals surface area (Å²) in [4.78, 5) is 2.82. The van der Waals surface area contributed by atoms with Gasteiger partial charge in [-0.15, -0.1) is 10.2 Å². The molecule has 0 aliphatic rings. The molecule has 0 atom stereocenters. The molecule has 0 radical (unpaired) electrons. The second kappa shape index (κ2) is 7.18. The smallest absolute Gasteiger partial charge is 0.235 e. The van der Waals surface area contributed by atoms with Gasteiger partial charge in [0.25, 0.3) is 0 Å². The van der Waals surface area contributed by atoms with E-state index >= 15 is 0 Å². The van der Waals surface area contributed by atoms with Crippen molar-refractivity contribution in [3.8, 4) is 17.1 Å². The van der Waals surface area contributed by atoms with E-state index in [0.717, 1.165) is 38.2 Å². The molecule has 2 heterocycles. The zero-order chi connectivity index (χ0) is 19.8. The summed E-state index contributed by atoms with van der Waals surface area (Å²) in [5.74, 6) is 1.56. The predicted molar refractivity (Wildman–Crippen MR) is 117 cm³/mol. The van der Waals surface area contributed by atoms with E-state index in [-0.39, 0.29) is 0 Å². The number of rotatable bonds is 5. The van der Waals surface area contributed by atoms with E-state index in [4.69, 9.17) is 4.74 Å². The minimum atomic E-state index is 0.394. The quantitative estimate of drug-likeness (QED) is 0.429. The Hall–Kier alpha value is -3.45. The fraction of sp³-hybridized carbons (Fsp3) is 0.136. The number of benzene rings is 3. The normalized spacial score (nSPS) is 11.2. The second-order valence-electron chi connectivity index (χ2n) is 6.95. The molecule has 6 nitrogen and oxygen atoms in total. The lowest BCUT2D eigenvalue weighted by Gasteiger charge is -2.12. The summed E-state index contributed by atoms with van der Waals surface area (Å²) >= 11 is 1.49. The van der Waals surface area contributed by atoms with E-state index in [1.807, 2.05) is 50.5 Å². The van der Waals surface area contributed by atoms with Crippen molar-refractivity contribution in [3.63, 3.8) is 0 Å². The van der Waals surface area contributed by atoms with Crippen LogP contribution in [0.5, 0.6) is 5.75 Å². The molecule has 0 fully saturated rings. The zero-order valence-electron chi connectivity index (χ0n) is 16.1. The van der Waals surface area contributed by atoms with Gasteiger partial charge in [0.2, 0.25) is 4.96 Å². The van der Waals surface area contributed by atoms with E-state index in [1.54, 1.807) is 4.52 Å². The van der Waals surface area contributed by atoms with Gasteiger partial charge in [-0.1, -0.05) is 41.7 Å². The maximum Gasteiger partial charge on any atom is 0.235 e. The van der Waals surface area contributed by atoms with Crippen molar-refractivity contribution >= 4 is 32.8 Å². The minimum Gasteiger partial charge on any atom is -0.486 e. The maximum atomic E-state index is 5.97. The average molecular weight is 401 g/mol. The molecule has 29 heavy (non-hydrogen) atoms. The standard InChI is InChI=1S/C22H19N5OS/c1-26(2)18-10-7-16(8-11-18)21-23-24-22-27(21)25-20(29-22)14-28-19-12-9-15-5-3-4-6-17(15)13-19/h3-13H,14H2,1-2H3. The van der Waals surface area contributed by atoms with Crippen molar-refractivity contribution in [2.75, 3.05) is 19.0 Å². The lowest BCUT2D eigenvalue weighted by molar-refractivity contribution is 0.304. The lowest BCUT2D eigenvalue weighted by Crippen LogP contribution is -2.08. The largest absolute Gasteiger partial charge is 0.486 e. The molecule has 144 valence electrons. The van der Waals surface area contributed by atoms with Gasteiger partial charge < -0.3 is 9.64 Å². The Bertz CT molecular complexity index is 1290. The molecule has 5 rings (SSSR count). The Morgan fingerprint density at radius 1 is 0.931 bits per heavy atom. The predicted octanol–water partition coefficient (Wildman–Crippen LogP) is 4.65. The summed E-state index contributed by atoms with van der Waals surface area (Å²) < 4.78 is 7.75. The number of hydrogen-bond acceptors (Lipinski definition) is 6. The van der Waals surface area contributed by atoms with Gasteiger partial charge in [0.1, 0.15) is 12.4 Å². The summed E-state index contributed by atoms with van der Waals surface area (Å²) in [7, 11) is 4.04. The van der Waals surface area contributed by atoms with Crippen molar-refractivity contribution in [1.82, 2.24) is 19.8 Å². The molecule has 0 saturated heterocycles. The fourth-order valence-corrected chi connectivity index (χ4v) is 3.95. The Balaban J connectivity index is 1.37. The van der Waals surface area contributed by atoms with Gasteiger partial charge in [-0.2, -0.15) is 9.61 Å². The van der Waals surface area contributed by atoms with Gasteiger partial charge in [-0.3, -0.25) is 0 Å². The average Bonchev–Trinajstić information content (AvgIpc) is 3.32. The molecule has 0 bridgehead atoms. The number of aromatic nitrogens is 4. The van der Waals surface area contributed by atoms with Gasteiger partial charge in [0.15, 0.2) is 10.8 Å². The Morgan fingerprint density at radius 3 is 2.52 bits per heavy atom. The Labute approximate surface area is 172 Å². The van der Waals surface area contributed by atoms with E-state index < -0.39 is 0 Å². The highest BCUT2D eigenvalue weighted by Gasteiger charge is 2.14. The summed E-state index contributed by atoms with van der Waals surface area (Å²) in [6.45, 7) is 0.394. The van der Waals surface area contributed by atoms with Crippen LogP contribution in [0.15, 0.2) is 66.7 Å². The van der Waals surface area contributed by atoms with Crippen LogP contribution in [0.4, 0.5) is 5.69 Å². The number of anilines is 1. The molecule has 0 unspecified atom stereocenters. The lowest BCUT2D eigenvalue weighted by atomic mass is 10.1. The summed E-state index contributed by atoms with van der Waals surface area (Å²) in [5, 5.41) is 16.4. The number of hydrogen-bond donors (Lipinski definition) is 0. The third-order valence-corrected chi connectivity index (χ3v) is 5.63. The molecule has 0 aliphatic carbocycles. The topological polar surface area (TPSA) is 55.5 Å². The molecule has 0 aliphatic heterocycles. The van der Waals surface area contributed by atoms with E-state index in [0.29, 0.717) is 6.61 Å². The highest BCUT2D eigenvalue weighted by atomic mass is 32.1. The van der Waals surface area contributed by atoms with Crippen LogP contribution in [-0.4, -0.2) is 33.9 Å². The maximum absolute atomic E-state index is 5.97. The molecular formula is C22H19N5OS. The van der Waals surface area contributed by atoms with Gasteiger partial charge >= 0.3 is 0 Å². The fourth-order valence-electron chi connectivity index (χ4n) is 3.21. The first-order chi connectivity index (χ1) is 14.2. The van der Waals surface area contributed by atoms with Crippen LogP contribution in [-0.2, 0) is 6.61 Å². The molecule has 0 saturated carbocycles. The highest BCUT2D eigenvalue weighted by molar-refractivity contribution is 7.16. The molecule has 5 aromatic rings. The van der Waals surface area contributed by atoms with E-state index in [9.17, 15) is 0 Å². The molecule has 3 aromatic carbocycles. The van der Waals surface area contributed by atoms with Crippen LogP contribution in [0, 0.1) is 0 Å². The molecule has 7 heteroatoms.